The zero-order valence-electron chi connectivity index (χ0n) is 11.3. The molecule has 108 valence electrons. The van der Waals surface area contributed by atoms with E-state index in [1.165, 1.54) is 0 Å². The summed E-state index contributed by atoms with van der Waals surface area (Å²) >= 11 is 9.64. The molecule has 1 fully saturated rings. The first-order valence-electron chi connectivity index (χ1n) is 6.84. The number of carbonyl (C=O) groups excluding carboxylic acids is 1. The fourth-order valence-electron chi connectivity index (χ4n) is 2.78. The van der Waals surface area contributed by atoms with Gasteiger partial charge in [0.15, 0.2) is 0 Å². The number of halogens is 2. The van der Waals surface area contributed by atoms with Gasteiger partial charge in [0.1, 0.15) is 4.60 Å². The number of carbonyl (C=O) groups is 1. The molecule has 1 saturated heterocycles. The Hall–Kier alpha value is -1.39. The monoisotopic (exact) mass is 364 g/mol. The molecule has 3 nitrogen and oxygen atoms in total. The number of hydrogen-bond donors (Lipinski definition) is 0. The molecule has 0 saturated carbocycles. The lowest BCUT2D eigenvalue weighted by Gasteiger charge is -2.26. The maximum atomic E-state index is 12.8. The van der Waals surface area contributed by atoms with Crippen LogP contribution in [0.3, 0.4) is 0 Å². The third-order valence-corrected chi connectivity index (χ3v) is 4.74. The van der Waals surface area contributed by atoms with E-state index in [4.69, 9.17) is 11.6 Å². The van der Waals surface area contributed by atoms with Crippen LogP contribution in [0.25, 0.3) is 0 Å². The number of aromatic nitrogens is 1. The van der Waals surface area contributed by atoms with Crippen molar-refractivity contribution in [3.8, 4) is 0 Å². The molecule has 2 aromatic rings. The van der Waals surface area contributed by atoms with Crippen molar-refractivity contribution in [3.63, 3.8) is 0 Å². The van der Waals surface area contributed by atoms with E-state index in [9.17, 15) is 4.79 Å². The summed E-state index contributed by atoms with van der Waals surface area (Å²) < 4.78 is 0.583. The highest BCUT2D eigenvalue weighted by molar-refractivity contribution is 9.10. The molecular formula is C16H14BrClN2O. The van der Waals surface area contributed by atoms with Gasteiger partial charge >= 0.3 is 0 Å². The molecular weight excluding hydrogens is 352 g/mol. The Balaban J connectivity index is 1.93. The highest BCUT2D eigenvalue weighted by atomic mass is 79.9. The van der Waals surface area contributed by atoms with Crippen LogP contribution in [0.5, 0.6) is 0 Å². The van der Waals surface area contributed by atoms with E-state index in [-0.39, 0.29) is 11.9 Å². The molecule has 1 unspecified atom stereocenters. The third kappa shape index (κ3) is 2.83. The number of pyridine rings is 1. The van der Waals surface area contributed by atoms with E-state index in [2.05, 4.69) is 20.9 Å². The fourth-order valence-corrected chi connectivity index (χ4v) is 3.46. The predicted molar refractivity (Wildman–Crippen MR) is 86.4 cm³/mol. The number of amides is 1. The highest BCUT2D eigenvalue weighted by Gasteiger charge is 2.32. The van der Waals surface area contributed by atoms with E-state index in [0.717, 1.165) is 24.9 Å². The average molecular weight is 366 g/mol. The molecule has 1 aromatic heterocycles. The van der Waals surface area contributed by atoms with Crippen LogP contribution in [-0.4, -0.2) is 22.3 Å². The standard InChI is InChI=1S/C16H14BrClN2O/c17-15-12(6-3-9-19-15)16(21)20-10-4-8-14(20)11-5-1-2-7-13(11)18/h1-3,5-7,9,14H,4,8,10H2. The zero-order valence-corrected chi connectivity index (χ0v) is 13.6. The quantitative estimate of drug-likeness (QED) is 0.735. The summed E-state index contributed by atoms with van der Waals surface area (Å²) in [5.41, 5.74) is 1.61. The maximum absolute atomic E-state index is 12.8. The van der Waals surface area contributed by atoms with Gasteiger partial charge in [-0.25, -0.2) is 4.98 Å². The van der Waals surface area contributed by atoms with E-state index < -0.39 is 0 Å². The van der Waals surface area contributed by atoms with Crippen LogP contribution in [0.4, 0.5) is 0 Å². The van der Waals surface area contributed by atoms with Crippen molar-refractivity contribution < 1.29 is 4.79 Å². The molecule has 2 heterocycles. The maximum Gasteiger partial charge on any atom is 0.257 e. The Bertz CT molecular complexity index is 677. The Kier molecular flexibility index (Phi) is 4.27. The minimum absolute atomic E-state index is 0.00241. The molecule has 3 rings (SSSR count). The van der Waals surface area contributed by atoms with Gasteiger partial charge in [0.2, 0.25) is 0 Å². The molecule has 0 N–H and O–H groups in total. The van der Waals surface area contributed by atoms with Crippen LogP contribution < -0.4 is 0 Å². The summed E-state index contributed by atoms with van der Waals surface area (Å²) in [5, 5.41) is 0.715. The summed E-state index contributed by atoms with van der Waals surface area (Å²) in [6, 6.07) is 11.3. The summed E-state index contributed by atoms with van der Waals surface area (Å²) in [4.78, 5) is 18.8. The van der Waals surface area contributed by atoms with Crippen LogP contribution >= 0.6 is 27.5 Å². The van der Waals surface area contributed by atoms with Crippen LogP contribution in [0.2, 0.25) is 5.02 Å². The van der Waals surface area contributed by atoms with Crippen molar-refractivity contribution in [1.82, 2.24) is 9.88 Å². The van der Waals surface area contributed by atoms with Crippen molar-refractivity contribution in [1.29, 1.82) is 0 Å². The molecule has 0 aliphatic carbocycles. The molecule has 0 radical (unpaired) electrons. The lowest BCUT2D eigenvalue weighted by Crippen LogP contribution is -2.31. The number of likely N-dealkylation sites (tertiary alicyclic amines) is 1. The molecule has 21 heavy (non-hydrogen) atoms. The number of benzene rings is 1. The number of rotatable bonds is 2. The average Bonchev–Trinajstić information content (AvgIpc) is 2.97. The molecule has 1 amide bonds. The largest absolute Gasteiger partial charge is 0.331 e. The van der Waals surface area contributed by atoms with E-state index in [1.54, 1.807) is 18.3 Å². The molecule has 0 spiro atoms. The van der Waals surface area contributed by atoms with Crippen molar-refractivity contribution in [3.05, 3.63) is 63.3 Å². The van der Waals surface area contributed by atoms with Gasteiger partial charge < -0.3 is 4.90 Å². The lowest BCUT2D eigenvalue weighted by molar-refractivity contribution is 0.0734. The molecule has 1 aromatic carbocycles. The smallest absolute Gasteiger partial charge is 0.257 e. The zero-order chi connectivity index (χ0) is 14.8. The van der Waals surface area contributed by atoms with Crippen molar-refractivity contribution in [2.24, 2.45) is 0 Å². The summed E-state index contributed by atoms with van der Waals surface area (Å²) in [6.07, 6.45) is 3.59. The van der Waals surface area contributed by atoms with Gasteiger partial charge in [-0.05, 0) is 52.5 Å². The Morgan fingerprint density at radius 3 is 2.86 bits per heavy atom. The van der Waals surface area contributed by atoms with Crippen LogP contribution in [-0.2, 0) is 0 Å². The molecule has 1 aliphatic rings. The first-order valence-corrected chi connectivity index (χ1v) is 8.01. The second-order valence-electron chi connectivity index (χ2n) is 5.02. The van der Waals surface area contributed by atoms with Gasteiger partial charge in [-0.15, -0.1) is 0 Å². The Morgan fingerprint density at radius 2 is 2.10 bits per heavy atom. The highest BCUT2D eigenvalue weighted by Crippen LogP contribution is 2.36. The minimum Gasteiger partial charge on any atom is -0.331 e. The topological polar surface area (TPSA) is 33.2 Å². The molecule has 0 bridgehead atoms. The lowest BCUT2D eigenvalue weighted by atomic mass is 10.0. The minimum atomic E-state index is -0.00241. The van der Waals surface area contributed by atoms with Gasteiger partial charge in [-0.1, -0.05) is 29.8 Å². The predicted octanol–water partition coefficient (Wildman–Crippen LogP) is 4.47. The van der Waals surface area contributed by atoms with Crippen LogP contribution in [0.1, 0.15) is 34.8 Å². The van der Waals surface area contributed by atoms with Gasteiger partial charge in [-0.2, -0.15) is 0 Å². The first-order chi connectivity index (χ1) is 10.2. The van der Waals surface area contributed by atoms with Crippen molar-refractivity contribution in [2.45, 2.75) is 18.9 Å². The third-order valence-electron chi connectivity index (χ3n) is 3.77. The van der Waals surface area contributed by atoms with Crippen LogP contribution in [0.15, 0.2) is 47.2 Å². The van der Waals surface area contributed by atoms with Crippen molar-refractivity contribution >= 4 is 33.4 Å². The van der Waals surface area contributed by atoms with Gasteiger partial charge in [-0.3, -0.25) is 4.79 Å². The second kappa shape index (κ2) is 6.16. The SMILES string of the molecule is O=C(c1cccnc1Br)N1CCCC1c1ccccc1Cl. The summed E-state index contributed by atoms with van der Waals surface area (Å²) in [6.45, 7) is 0.746. The molecule has 1 atom stereocenters. The fraction of sp³-hybridized carbons (Fsp3) is 0.250. The summed E-state index contributed by atoms with van der Waals surface area (Å²) in [5.74, 6) is -0.00241. The number of nitrogens with zero attached hydrogens (tertiary/aromatic N) is 2. The van der Waals surface area contributed by atoms with E-state index in [1.807, 2.05) is 29.2 Å². The molecule has 5 heteroatoms. The number of hydrogen-bond acceptors (Lipinski definition) is 2. The Labute approximate surface area is 137 Å². The molecule has 1 aliphatic heterocycles. The van der Waals surface area contributed by atoms with E-state index in [0.29, 0.717) is 15.2 Å². The van der Waals surface area contributed by atoms with Gasteiger partial charge in [0.05, 0.1) is 11.6 Å². The van der Waals surface area contributed by atoms with Gasteiger partial charge in [0.25, 0.3) is 5.91 Å². The summed E-state index contributed by atoms with van der Waals surface area (Å²) in [7, 11) is 0. The second-order valence-corrected chi connectivity index (χ2v) is 6.18. The van der Waals surface area contributed by atoms with Crippen molar-refractivity contribution in [2.75, 3.05) is 6.54 Å². The normalized spacial score (nSPS) is 18.0. The van der Waals surface area contributed by atoms with Crippen LogP contribution in [0, 0.1) is 0 Å². The van der Waals surface area contributed by atoms with Gasteiger partial charge in [0, 0.05) is 17.8 Å². The first kappa shape index (κ1) is 14.5. The Morgan fingerprint density at radius 1 is 1.29 bits per heavy atom. The van der Waals surface area contributed by atoms with E-state index >= 15 is 0 Å².